The third-order valence-electron chi connectivity index (χ3n) is 4.48. The second-order valence-electron chi connectivity index (χ2n) is 6.34. The third kappa shape index (κ3) is 4.78. The lowest BCUT2D eigenvalue weighted by Crippen LogP contribution is -2.17. The van der Waals surface area contributed by atoms with Crippen LogP contribution < -0.4 is 10.0 Å². The Bertz CT molecular complexity index is 774. The first kappa shape index (κ1) is 20.7. The van der Waals surface area contributed by atoms with E-state index in [1.165, 1.54) is 7.11 Å². The Morgan fingerprint density at radius 1 is 1.00 bits per heavy atom. The molecule has 0 saturated heterocycles. The van der Waals surface area contributed by atoms with Crippen molar-refractivity contribution < 1.29 is 14.1 Å². The minimum atomic E-state index is -3.27. The Balaban J connectivity index is 2.36. The average molecular weight is 393 g/mol. The second kappa shape index (κ2) is 9.94. The Hall–Kier alpha value is -1.57. The molecule has 0 amide bonds. The molecule has 0 fully saturated rings. The number of unbranched alkanes of at least 4 members (excludes halogenated alkanes) is 4. The maximum atomic E-state index is 13.9. The van der Waals surface area contributed by atoms with Gasteiger partial charge in [0.2, 0.25) is 5.52 Å². The van der Waals surface area contributed by atoms with Crippen LogP contribution in [0.4, 0.5) is 0 Å². The minimum absolute atomic E-state index is 0.292. The molecule has 26 heavy (non-hydrogen) atoms. The van der Waals surface area contributed by atoms with Crippen LogP contribution in [0.15, 0.2) is 48.5 Å². The fourth-order valence-corrected chi connectivity index (χ4v) is 5.87. The van der Waals surface area contributed by atoms with Crippen molar-refractivity contribution in [2.75, 3.05) is 13.3 Å². The smallest absolute Gasteiger partial charge is 0.229 e. The number of carbonyl (C=O) groups excluding carboxylic acids is 1. The van der Waals surface area contributed by atoms with Crippen LogP contribution in [0, 0.1) is 0 Å². The molecular formula is C21H26ClO3P. The number of halogens is 1. The molecule has 0 aromatic heterocycles. The maximum Gasteiger partial charge on any atom is 0.229 e. The molecule has 2 aromatic carbocycles. The molecule has 0 radical (unpaired) electrons. The third-order valence-corrected chi connectivity index (χ3v) is 7.75. The lowest BCUT2D eigenvalue weighted by Gasteiger charge is -2.19. The summed E-state index contributed by atoms with van der Waals surface area (Å²) in [4.78, 5) is 13.3. The summed E-state index contributed by atoms with van der Waals surface area (Å²) in [6.07, 6.45) is 5.52. The van der Waals surface area contributed by atoms with E-state index in [1.807, 2.05) is 18.2 Å². The van der Waals surface area contributed by atoms with E-state index in [1.54, 1.807) is 30.3 Å². The quantitative estimate of drug-likeness (QED) is 0.360. The molecule has 0 N–H and O–H groups in total. The molecule has 0 spiro atoms. The molecule has 0 aliphatic carbocycles. The van der Waals surface area contributed by atoms with E-state index >= 15 is 0 Å². The van der Waals surface area contributed by atoms with Gasteiger partial charge in [0.1, 0.15) is 5.75 Å². The van der Waals surface area contributed by atoms with Crippen molar-refractivity contribution in [2.45, 2.75) is 39.0 Å². The number of hydrogen-bond acceptors (Lipinski definition) is 3. The van der Waals surface area contributed by atoms with E-state index in [9.17, 15) is 9.36 Å². The van der Waals surface area contributed by atoms with Gasteiger partial charge in [0.15, 0.2) is 7.14 Å². The van der Waals surface area contributed by atoms with Crippen molar-refractivity contribution >= 4 is 29.6 Å². The number of para-hydroxylation sites is 1. The highest BCUT2D eigenvalue weighted by atomic mass is 35.5. The van der Waals surface area contributed by atoms with Crippen LogP contribution in [0.3, 0.4) is 0 Å². The molecule has 5 heteroatoms. The number of hydrogen-bond donors (Lipinski definition) is 0. The van der Waals surface area contributed by atoms with Crippen molar-refractivity contribution in [3.8, 4) is 5.75 Å². The second-order valence-corrected chi connectivity index (χ2v) is 9.60. The fourth-order valence-electron chi connectivity index (χ4n) is 3.03. The molecule has 2 rings (SSSR count). The largest absolute Gasteiger partial charge is 0.494 e. The maximum absolute atomic E-state index is 13.9. The van der Waals surface area contributed by atoms with Gasteiger partial charge in [-0.05, 0) is 18.6 Å². The highest BCUT2D eigenvalue weighted by Gasteiger charge is 2.35. The van der Waals surface area contributed by atoms with Crippen LogP contribution in [-0.2, 0) is 4.57 Å². The summed E-state index contributed by atoms with van der Waals surface area (Å²) in [5, 5.41) is 0.948. The molecule has 3 nitrogen and oxygen atoms in total. The van der Waals surface area contributed by atoms with Crippen LogP contribution in [0.25, 0.3) is 0 Å². The SMILES string of the molecule is CCCCCCCP(=O)(C(=O)c1cccc(Cl)c1OC)c1ccccc1. The van der Waals surface area contributed by atoms with Crippen molar-refractivity contribution in [3.05, 3.63) is 59.1 Å². The van der Waals surface area contributed by atoms with Gasteiger partial charge in [-0.1, -0.05) is 80.6 Å². The van der Waals surface area contributed by atoms with Gasteiger partial charge in [-0.15, -0.1) is 0 Å². The summed E-state index contributed by atoms with van der Waals surface area (Å²) in [6.45, 7) is 2.16. The predicted molar refractivity (Wildman–Crippen MR) is 110 cm³/mol. The zero-order valence-electron chi connectivity index (χ0n) is 15.4. The average Bonchev–Trinajstić information content (AvgIpc) is 2.67. The zero-order chi connectivity index (χ0) is 19.0. The van der Waals surface area contributed by atoms with E-state index in [0.29, 0.717) is 27.8 Å². The number of rotatable bonds is 10. The number of ether oxygens (including phenoxy) is 1. The van der Waals surface area contributed by atoms with E-state index in [4.69, 9.17) is 16.3 Å². The van der Waals surface area contributed by atoms with E-state index in [2.05, 4.69) is 6.92 Å². The van der Waals surface area contributed by atoms with E-state index in [-0.39, 0.29) is 5.52 Å². The molecule has 0 heterocycles. The van der Waals surface area contributed by atoms with Crippen molar-refractivity contribution in [3.63, 3.8) is 0 Å². The van der Waals surface area contributed by atoms with Gasteiger partial charge < -0.3 is 9.30 Å². The Morgan fingerprint density at radius 3 is 2.35 bits per heavy atom. The van der Waals surface area contributed by atoms with Gasteiger partial charge >= 0.3 is 0 Å². The monoisotopic (exact) mass is 392 g/mol. The Kier molecular flexibility index (Phi) is 7.93. The van der Waals surface area contributed by atoms with Crippen LogP contribution >= 0.6 is 18.7 Å². The van der Waals surface area contributed by atoms with Crippen LogP contribution in [0.2, 0.25) is 5.02 Å². The minimum Gasteiger partial charge on any atom is -0.494 e. The predicted octanol–water partition coefficient (Wildman–Crippen LogP) is 6.15. The molecule has 0 aliphatic rings. The van der Waals surface area contributed by atoms with Crippen LogP contribution in [0.5, 0.6) is 5.75 Å². The lowest BCUT2D eigenvalue weighted by atomic mass is 10.2. The van der Waals surface area contributed by atoms with E-state index < -0.39 is 7.14 Å². The summed E-state index contributed by atoms with van der Waals surface area (Å²) in [7, 11) is -1.80. The molecule has 140 valence electrons. The van der Waals surface area contributed by atoms with Gasteiger partial charge in [0.25, 0.3) is 0 Å². The van der Waals surface area contributed by atoms with Crippen LogP contribution in [-0.4, -0.2) is 18.8 Å². The number of carbonyl (C=O) groups is 1. The van der Waals surface area contributed by atoms with Crippen LogP contribution in [0.1, 0.15) is 49.4 Å². The summed E-state index contributed by atoms with van der Waals surface area (Å²) >= 11 is 6.16. The van der Waals surface area contributed by atoms with Gasteiger partial charge in [-0.3, -0.25) is 4.79 Å². The summed E-state index contributed by atoms with van der Waals surface area (Å²) in [5.74, 6) is 0.293. The van der Waals surface area contributed by atoms with Crippen molar-refractivity contribution in [1.82, 2.24) is 0 Å². The first-order valence-electron chi connectivity index (χ1n) is 9.06. The molecule has 2 aromatic rings. The molecule has 1 atom stereocenters. The highest BCUT2D eigenvalue weighted by Crippen LogP contribution is 2.50. The van der Waals surface area contributed by atoms with Gasteiger partial charge in [-0.25, -0.2) is 0 Å². The van der Waals surface area contributed by atoms with Gasteiger partial charge in [0.05, 0.1) is 17.7 Å². The van der Waals surface area contributed by atoms with Crippen molar-refractivity contribution in [1.29, 1.82) is 0 Å². The lowest BCUT2D eigenvalue weighted by molar-refractivity contribution is 0.107. The highest BCUT2D eigenvalue weighted by molar-refractivity contribution is 7.87. The van der Waals surface area contributed by atoms with Gasteiger partial charge in [0, 0.05) is 11.5 Å². The van der Waals surface area contributed by atoms with E-state index in [0.717, 1.165) is 32.1 Å². The number of benzene rings is 2. The molecular weight excluding hydrogens is 367 g/mol. The summed E-state index contributed by atoms with van der Waals surface area (Å²) in [5.41, 5.74) is -0.0840. The first-order valence-corrected chi connectivity index (χ1v) is 11.3. The fraction of sp³-hybridized carbons (Fsp3) is 0.381. The normalized spacial score (nSPS) is 13.2. The van der Waals surface area contributed by atoms with Crippen molar-refractivity contribution in [2.24, 2.45) is 0 Å². The molecule has 0 bridgehead atoms. The first-order chi connectivity index (χ1) is 12.5. The number of methoxy groups -OCH3 is 1. The molecule has 0 aliphatic heterocycles. The zero-order valence-corrected chi connectivity index (χ0v) is 17.1. The molecule has 1 unspecified atom stereocenters. The standard InChI is InChI=1S/C21H26ClO3P/c1-3-4-5-6-10-16-26(24,17-12-8-7-9-13-17)21(23)18-14-11-15-19(22)20(18)25-2/h7-9,11-15H,3-6,10,16H2,1-2H3. The summed E-state index contributed by atoms with van der Waals surface area (Å²) < 4.78 is 19.2. The Labute approximate surface area is 161 Å². The Morgan fingerprint density at radius 2 is 1.69 bits per heavy atom. The van der Waals surface area contributed by atoms with Gasteiger partial charge in [-0.2, -0.15) is 0 Å². The summed E-state index contributed by atoms with van der Waals surface area (Å²) in [6, 6.07) is 14.1. The molecule has 0 saturated carbocycles. The topological polar surface area (TPSA) is 43.4 Å².